The molecule has 2 atom stereocenters. The molecule has 0 saturated carbocycles. The predicted octanol–water partition coefficient (Wildman–Crippen LogP) is 2.11. The molecule has 3 rings (SSSR count). The molecule has 120 valence electrons. The molecule has 0 aromatic rings. The Labute approximate surface area is 127 Å². The number of fused-ring (bicyclic) bond motifs is 1. The summed E-state index contributed by atoms with van der Waals surface area (Å²) in [5.74, 6) is 0. The van der Waals surface area contributed by atoms with Crippen LogP contribution in [0.1, 0.15) is 39.0 Å². The van der Waals surface area contributed by atoms with Crippen LogP contribution in [0.5, 0.6) is 0 Å². The van der Waals surface area contributed by atoms with Crippen molar-refractivity contribution in [3.63, 3.8) is 0 Å². The third-order valence-electron chi connectivity index (χ3n) is 5.23. The van der Waals surface area contributed by atoms with Crippen LogP contribution in [0.15, 0.2) is 0 Å². The molecule has 0 radical (unpaired) electrons. The highest BCUT2D eigenvalue weighted by Crippen LogP contribution is 2.40. The van der Waals surface area contributed by atoms with Crippen LogP contribution in [0.4, 0.5) is 4.79 Å². The molecule has 3 saturated heterocycles. The van der Waals surface area contributed by atoms with Crippen LogP contribution in [0.25, 0.3) is 0 Å². The van der Waals surface area contributed by atoms with Crippen molar-refractivity contribution in [3.05, 3.63) is 0 Å². The summed E-state index contributed by atoms with van der Waals surface area (Å²) >= 11 is 0. The summed E-state index contributed by atoms with van der Waals surface area (Å²) in [5, 5.41) is 0. The van der Waals surface area contributed by atoms with Crippen LogP contribution < -0.4 is 0 Å². The summed E-state index contributed by atoms with van der Waals surface area (Å²) in [6.07, 6.45) is 5.70. The fourth-order valence-electron chi connectivity index (χ4n) is 4.08. The van der Waals surface area contributed by atoms with E-state index in [1.807, 2.05) is 11.8 Å². The first-order chi connectivity index (χ1) is 10.2. The maximum Gasteiger partial charge on any atom is 0.320 e. The zero-order valence-electron chi connectivity index (χ0n) is 13.2. The average molecular weight is 296 g/mol. The number of likely N-dealkylation sites (tertiary alicyclic amines) is 2. The van der Waals surface area contributed by atoms with E-state index >= 15 is 0 Å². The first-order valence-corrected chi connectivity index (χ1v) is 8.48. The topological polar surface area (TPSA) is 42.0 Å². The number of hydrogen-bond donors (Lipinski definition) is 0. The summed E-state index contributed by atoms with van der Waals surface area (Å²) in [4.78, 5) is 16.7. The molecular formula is C16H28N2O3. The third-order valence-corrected chi connectivity index (χ3v) is 5.23. The van der Waals surface area contributed by atoms with Crippen molar-refractivity contribution in [2.45, 2.75) is 45.1 Å². The molecule has 3 aliphatic heterocycles. The van der Waals surface area contributed by atoms with E-state index in [4.69, 9.17) is 9.47 Å². The Balaban J connectivity index is 1.69. The summed E-state index contributed by atoms with van der Waals surface area (Å²) in [6, 6.07) is 0.229. The number of ether oxygens (including phenoxy) is 2. The van der Waals surface area contributed by atoms with E-state index in [0.29, 0.717) is 0 Å². The summed E-state index contributed by atoms with van der Waals surface area (Å²) in [7, 11) is 0. The zero-order chi connectivity index (χ0) is 14.7. The van der Waals surface area contributed by atoms with Gasteiger partial charge in [0.2, 0.25) is 0 Å². The molecular weight excluding hydrogens is 268 g/mol. The monoisotopic (exact) mass is 296 g/mol. The van der Waals surface area contributed by atoms with Crippen molar-refractivity contribution >= 4 is 6.03 Å². The Morgan fingerprint density at radius 2 is 2.05 bits per heavy atom. The molecule has 0 aromatic heterocycles. The van der Waals surface area contributed by atoms with Crippen molar-refractivity contribution in [2.24, 2.45) is 5.41 Å². The summed E-state index contributed by atoms with van der Waals surface area (Å²) in [5.41, 5.74) is 0.0158. The molecule has 0 aromatic carbocycles. The maximum atomic E-state index is 12.7. The van der Waals surface area contributed by atoms with Crippen LogP contribution >= 0.6 is 0 Å². The lowest BCUT2D eigenvalue weighted by molar-refractivity contribution is -0.146. The van der Waals surface area contributed by atoms with Gasteiger partial charge in [-0.25, -0.2) is 4.79 Å². The first kappa shape index (κ1) is 15.1. The number of carbonyl (C=O) groups excluding carboxylic acids is 1. The average Bonchev–Trinajstić information content (AvgIpc) is 3.06. The van der Waals surface area contributed by atoms with Crippen LogP contribution in [0.2, 0.25) is 0 Å². The van der Waals surface area contributed by atoms with Gasteiger partial charge in [-0.3, -0.25) is 0 Å². The van der Waals surface area contributed by atoms with Gasteiger partial charge < -0.3 is 19.3 Å². The highest BCUT2D eigenvalue weighted by Gasteiger charge is 2.47. The van der Waals surface area contributed by atoms with Crippen molar-refractivity contribution < 1.29 is 14.3 Å². The molecule has 0 bridgehead atoms. The molecule has 3 fully saturated rings. The number of hydrogen-bond acceptors (Lipinski definition) is 3. The fourth-order valence-corrected chi connectivity index (χ4v) is 4.08. The molecule has 5 heteroatoms. The van der Waals surface area contributed by atoms with Gasteiger partial charge in [0.1, 0.15) is 0 Å². The van der Waals surface area contributed by atoms with Crippen molar-refractivity contribution in [1.29, 1.82) is 0 Å². The standard InChI is InChI=1S/C16H28N2O3/c1-2-20-13-16-7-5-11-21-14(16)6-10-18(12-16)15(19)17-8-3-4-9-17/h14H,2-13H2,1H3. The normalized spacial score (nSPS) is 33.1. The summed E-state index contributed by atoms with van der Waals surface area (Å²) in [6.45, 7) is 7.82. The Morgan fingerprint density at radius 3 is 2.81 bits per heavy atom. The first-order valence-electron chi connectivity index (χ1n) is 8.48. The lowest BCUT2D eigenvalue weighted by Crippen LogP contribution is -2.59. The zero-order valence-corrected chi connectivity index (χ0v) is 13.2. The van der Waals surface area contributed by atoms with Gasteiger partial charge in [-0.1, -0.05) is 0 Å². The fraction of sp³-hybridized carbons (Fsp3) is 0.938. The molecule has 3 heterocycles. The van der Waals surface area contributed by atoms with Crippen LogP contribution in [0.3, 0.4) is 0 Å². The second-order valence-electron chi connectivity index (χ2n) is 6.65. The third kappa shape index (κ3) is 3.04. The molecule has 0 spiro atoms. The largest absolute Gasteiger partial charge is 0.381 e. The SMILES string of the molecule is CCOCC12CCCOC1CCN(C(=O)N1CCCC1)C2. The second-order valence-corrected chi connectivity index (χ2v) is 6.65. The maximum absolute atomic E-state index is 12.7. The molecule has 2 amide bonds. The van der Waals surface area contributed by atoms with Gasteiger partial charge in [0.05, 0.1) is 12.7 Å². The minimum absolute atomic E-state index is 0.0158. The summed E-state index contributed by atoms with van der Waals surface area (Å²) < 4.78 is 11.8. The number of piperidine rings is 1. The van der Waals surface area contributed by atoms with Crippen LogP contribution in [-0.2, 0) is 9.47 Å². The van der Waals surface area contributed by atoms with Gasteiger partial charge in [0, 0.05) is 44.8 Å². The second kappa shape index (κ2) is 6.53. The Kier molecular flexibility index (Phi) is 4.69. The molecule has 0 aliphatic carbocycles. The number of nitrogens with zero attached hydrogens (tertiary/aromatic N) is 2. The van der Waals surface area contributed by atoms with Crippen molar-refractivity contribution in [1.82, 2.24) is 9.80 Å². The Morgan fingerprint density at radius 1 is 1.24 bits per heavy atom. The lowest BCUT2D eigenvalue weighted by Gasteiger charge is -2.50. The Hall–Kier alpha value is -0.810. The van der Waals surface area contributed by atoms with E-state index in [0.717, 1.165) is 78.1 Å². The van der Waals surface area contributed by atoms with Gasteiger partial charge >= 0.3 is 6.03 Å². The Bertz CT molecular complexity index is 371. The number of amides is 2. The minimum atomic E-state index is 0.0158. The lowest BCUT2D eigenvalue weighted by atomic mass is 9.73. The van der Waals surface area contributed by atoms with Gasteiger partial charge in [0.25, 0.3) is 0 Å². The molecule has 3 aliphatic rings. The van der Waals surface area contributed by atoms with Gasteiger partial charge in [0.15, 0.2) is 0 Å². The molecule has 21 heavy (non-hydrogen) atoms. The van der Waals surface area contributed by atoms with E-state index in [1.54, 1.807) is 0 Å². The van der Waals surface area contributed by atoms with Crippen LogP contribution in [0, 0.1) is 5.41 Å². The van der Waals surface area contributed by atoms with Gasteiger partial charge in [-0.15, -0.1) is 0 Å². The van der Waals surface area contributed by atoms with E-state index in [2.05, 4.69) is 4.90 Å². The number of rotatable bonds is 3. The van der Waals surface area contributed by atoms with E-state index < -0.39 is 0 Å². The van der Waals surface area contributed by atoms with Crippen LogP contribution in [-0.4, -0.2) is 67.9 Å². The molecule has 2 unspecified atom stereocenters. The highest BCUT2D eigenvalue weighted by atomic mass is 16.5. The smallest absolute Gasteiger partial charge is 0.320 e. The number of carbonyl (C=O) groups is 1. The van der Waals surface area contributed by atoms with Gasteiger partial charge in [-0.05, 0) is 39.0 Å². The minimum Gasteiger partial charge on any atom is -0.381 e. The van der Waals surface area contributed by atoms with E-state index in [-0.39, 0.29) is 17.6 Å². The van der Waals surface area contributed by atoms with Crippen molar-refractivity contribution in [3.8, 4) is 0 Å². The van der Waals surface area contributed by atoms with Crippen molar-refractivity contribution in [2.75, 3.05) is 46.0 Å². The molecule has 0 N–H and O–H groups in total. The predicted molar refractivity (Wildman–Crippen MR) is 80.3 cm³/mol. The van der Waals surface area contributed by atoms with E-state index in [9.17, 15) is 4.79 Å². The van der Waals surface area contributed by atoms with E-state index in [1.165, 1.54) is 0 Å². The number of urea groups is 1. The highest BCUT2D eigenvalue weighted by molar-refractivity contribution is 5.75. The molecule has 5 nitrogen and oxygen atoms in total. The van der Waals surface area contributed by atoms with Gasteiger partial charge in [-0.2, -0.15) is 0 Å². The quantitative estimate of drug-likeness (QED) is 0.801.